The second-order valence-corrected chi connectivity index (χ2v) is 14.7. The molecule has 0 unspecified atom stereocenters. The fraction of sp³-hybridized carbons (Fsp3) is 0.906. The fourth-order valence-corrected chi connectivity index (χ4v) is 10.1. The summed E-state index contributed by atoms with van der Waals surface area (Å²) in [6, 6.07) is 0. The maximum Gasteiger partial charge on any atom is 0.302 e. The smallest absolute Gasteiger partial charge is 0.302 e. The first-order valence-corrected chi connectivity index (χ1v) is 14.6. The molecule has 0 radical (unpaired) electrons. The van der Waals surface area contributed by atoms with Gasteiger partial charge in [0.05, 0.1) is 0 Å². The van der Waals surface area contributed by atoms with Gasteiger partial charge in [-0.1, -0.05) is 86.3 Å². The lowest BCUT2D eigenvalue weighted by Gasteiger charge is -2.64. The Hall–Kier alpha value is -0.790. The van der Waals surface area contributed by atoms with Crippen LogP contribution in [-0.2, 0) is 9.53 Å². The lowest BCUT2D eigenvalue weighted by molar-refractivity contribution is -0.174. The molecule has 0 heterocycles. The molecule has 4 aliphatic rings. The SMILES string of the molecule is CC(=O)O[C@H]1CC[C@]2(C)[C@@H]3CC[C@@]4(C)[C@@H]([C@H](C)CCCC(C)C)CC[C@]4(C)C3=CC[C@H]2C1(C)C. The number of ether oxygens (including phenoxy) is 1. The minimum atomic E-state index is -0.117. The summed E-state index contributed by atoms with van der Waals surface area (Å²) in [6.45, 7) is 21.6. The van der Waals surface area contributed by atoms with Crippen molar-refractivity contribution in [3.05, 3.63) is 11.6 Å². The van der Waals surface area contributed by atoms with E-state index in [0.29, 0.717) is 28.1 Å². The average molecular weight is 471 g/mol. The molecule has 0 aromatic heterocycles. The Labute approximate surface area is 211 Å². The second-order valence-electron chi connectivity index (χ2n) is 14.7. The van der Waals surface area contributed by atoms with Gasteiger partial charge in [0, 0.05) is 12.3 Å². The third kappa shape index (κ3) is 3.92. The largest absolute Gasteiger partial charge is 0.462 e. The Morgan fingerprint density at radius 3 is 2.35 bits per heavy atom. The van der Waals surface area contributed by atoms with E-state index >= 15 is 0 Å². The fourth-order valence-electron chi connectivity index (χ4n) is 10.1. The molecule has 8 atom stereocenters. The van der Waals surface area contributed by atoms with E-state index in [-0.39, 0.29) is 17.5 Å². The first kappa shape index (κ1) is 26.3. The summed E-state index contributed by atoms with van der Waals surface area (Å²) in [7, 11) is 0. The zero-order valence-electron chi connectivity index (χ0n) is 23.9. The number of fused-ring (bicyclic) bond motifs is 5. The summed E-state index contributed by atoms with van der Waals surface area (Å²) in [5, 5.41) is 0. The molecule has 2 heteroatoms. The number of hydrogen-bond acceptors (Lipinski definition) is 2. The maximum atomic E-state index is 11.8. The Kier molecular flexibility index (Phi) is 6.92. The molecule has 3 saturated carbocycles. The molecule has 194 valence electrons. The second kappa shape index (κ2) is 8.95. The van der Waals surface area contributed by atoms with Crippen LogP contribution < -0.4 is 0 Å². The molecule has 0 amide bonds. The summed E-state index contributed by atoms with van der Waals surface area (Å²) >= 11 is 0. The van der Waals surface area contributed by atoms with Crippen LogP contribution in [0.2, 0.25) is 0 Å². The van der Waals surface area contributed by atoms with Gasteiger partial charge in [0.2, 0.25) is 0 Å². The number of carbonyl (C=O) groups is 1. The monoisotopic (exact) mass is 470 g/mol. The molecule has 2 nitrogen and oxygen atoms in total. The van der Waals surface area contributed by atoms with Gasteiger partial charge in [-0.3, -0.25) is 4.79 Å². The molecule has 0 bridgehead atoms. The van der Waals surface area contributed by atoms with Crippen molar-refractivity contribution in [2.24, 2.45) is 51.2 Å². The minimum Gasteiger partial charge on any atom is -0.462 e. The van der Waals surface area contributed by atoms with E-state index in [2.05, 4.69) is 61.5 Å². The molecule has 0 N–H and O–H groups in total. The van der Waals surface area contributed by atoms with Crippen molar-refractivity contribution in [3.63, 3.8) is 0 Å². The van der Waals surface area contributed by atoms with Gasteiger partial charge in [0.15, 0.2) is 0 Å². The van der Waals surface area contributed by atoms with Gasteiger partial charge < -0.3 is 4.74 Å². The Morgan fingerprint density at radius 1 is 1.00 bits per heavy atom. The van der Waals surface area contributed by atoms with Crippen LogP contribution in [0.15, 0.2) is 11.6 Å². The number of allylic oxidation sites excluding steroid dienone is 2. The van der Waals surface area contributed by atoms with Crippen LogP contribution in [0.3, 0.4) is 0 Å². The normalized spacial score (nSPS) is 44.0. The Bertz CT molecular complexity index is 808. The number of carbonyl (C=O) groups excluding carboxylic acids is 1. The number of esters is 1. The van der Waals surface area contributed by atoms with Crippen molar-refractivity contribution in [3.8, 4) is 0 Å². The molecule has 4 aliphatic carbocycles. The Morgan fingerprint density at radius 2 is 1.71 bits per heavy atom. The van der Waals surface area contributed by atoms with Crippen LogP contribution in [0.5, 0.6) is 0 Å². The minimum absolute atomic E-state index is 0.0332. The molecular formula is C32H54O2. The van der Waals surface area contributed by atoms with Crippen LogP contribution in [0, 0.1) is 51.2 Å². The lowest BCUT2D eigenvalue weighted by Crippen LogP contribution is -2.58. The van der Waals surface area contributed by atoms with Gasteiger partial charge in [-0.05, 0) is 90.8 Å². The number of rotatable bonds is 6. The lowest BCUT2D eigenvalue weighted by atomic mass is 9.41. The van der Waals surface area contributed by atoms with Crippen molar-refractivity contribution in [1.82, 2.24) is 0 Å². The summed E-state index contributed by atoms with van der Waals surface area (Å²) < 4.78 is 5.87. The van der Waals surface area contributed by atoms with Crippen LogP contribution in [0.25, 0.3) is 0 Å². The van der Waals surface area contributed by atoms with Crippen LogP contribution >= 0.6 is 0 Å². The van der Waals surface area contributed by atoms with Gasteiger partial charge in [-0.25, -0.2) is 0 Å². The molecule has 0 saturated heterocycles. The highest BCUT2D eigenvalue weighted by Crippen LogP contribution is 2.73. The summed E-state index contributed by atoms with van der Waals surface area (Å²) in [4.78, 5) is 11.8. The van der Waals surface area contributed by atoms with Crippen molar-refractivity contribution in [2.45, 2.75) is 133 Å². The predicted octanol–water partition coefficient (Wildman–Crippen LogP) is 8.99. The molecule has 3 fully saturated rings. The van der Waals surface area contributed by atoms with E-state index in [1.165, 1.54) is 51.4 Å². The molecule has 0 aromatic rings. The van der Waals surface area contributed by atoms with Gasteiger partial charge in [-0.2, -0.15) is 0 Å². The van der Waals surface area contributed by atoms with Crippen molar-refractivity contribution < 1.29 is 9.53 Å². The average Bonchev–Trinajstić information content (AvgIpc) is 3.01. The van der Waals surface area contributed by atoms with Crippen molar-refractivity contribution in [1.29, 1.82) is 0 Å². The molecule has 0 spiro atoms. The van der Waals surface area contributed by atoms with E-state index in [1.54, 1.807) is 6.92 Å². The first-order chi connectivity index (χ1) is 15.8. The highest BCUT2D eigenvalue weighted by molar-refractivity contribution is 5.66. The zero-order chi connectivity index (χ0) is 25.1. The molecule has 0 aromatic carbocycles. The third-order valence-corrected chi connectivity index (χ3v) is 12.3. The van der Waals surface area contributed by atoms with Gasteiger partial charge in [0.1, 0.15) is 6.10 Å². The van der Waals surface area contributed by atoms with Crippen LogP contribution in [0.1, 0.15) is 127 Å². The standard InChI is InChI=1S/C32H54O2/c1-21(2)11-10-12-22(3)24-15-19-32(9)26-13-14-27-29(5,6)28(34-23(4)33)17-18-30(27,7)25(26)16-20-31(24,32)8/h13,21-22,24-25,27-28H,10-12,14-20H2,1-9H3/t22-,24-,25-,27+,28+,30-,31+,32-/m1/s1. The zero-order valence-corrected chi connectivity index (χ0v) is 23.9. The third-order valence-electron chi connectivity index (χ3n) is 12.3. The van der Waals surface area contributed by atoms with Crippen LogP contribution in [-0.4, -0.2) is 12.1 Å². The Balaban J connectivity index is 1.59. The van der Waals surface area contributed by atoms with Crippen LogP contribution in [0.4, 0.5) is 0 Å². The van der Waals surface area contributed by atoms with E-state index in [1.807, 2.05) is 5.57 Å². The van der Waals surface area contributed by atoms with Gasteiger partial charge in [0.25, 0.3) is 0 Å². The maximum absolute atomic E-state index is 11.8. The summed E-state index contributed by atoms with van der Waals surface area (Å²) in [5.74, 6) is 3.72. The molecular weight excluding hydrogens is 416 g/mol. The highest BCUT2D eigenvalue weighted by Gasteiger charge is 2.65. The molecule has 4 rings (SSSR count). The van der Waals surface area contributed by atoms with E-state index in [9.17, 15) is 4.79 Å². The number of hydrogen-bond donors (Lipinski definition) is 0. The topological polar surface area (TPSA) is 26.3 Å². The van der Waals surface area contributed by atoms with E-state index in [4.69, 9.17) is 4.74 Å². The van der Waals surface area contributed by atoms with Crippen molar-refractivity contribution >= 4 is 5.97 Å². The van der Waals surface area contributed by atoms with Gasteiger partial charge >= 0.3 is 5.97 Å². The summed E-state index contributed by atoms with van der Waals surface area (Å²) in [6.07, 6.45) is 15.9. The van der Waals surface area contributed by atoms with E-state index < -0.39 is 0 Å². The first-order valence-electron chi connectivity index (χ1n) is 14.6. The molecule has 0 aliphatic heterocycles. The van der Waals surface area contributed by atoms with Gasteiger partial charge in [-0.15, -0.1) is 0 Å². The summed E-state index contributed by atoms with van der Waals surface area (Å²) in [5.41, 5.74) is 3.00. The quantitative estimate of drug-likeness (QED) is 0.286. The highest BCUT2D eigenvalue weighted by atomic mass is 16.5. The molecule has 34 heavy (non-hydrogen) atoms. The predicted molar refractivity (Wildman–Crippen MR) is 142 cm³/mol. The van der Waals surface area contributed by atoms with E-state index in [0.717, 1.165) is 30.6 Å². The van der Waals surface area contributed by atoms with Crippen molar-refractivity contribution in [2.75, 3.05) is 0 Å².